The lowest BCUT2D eigenvalue weighted by Crippen LogP contribution is -2.40. The van der Waals surface area contributed by atoms with E-state index in [4.69, 9.17) is 0 Å². The number of rotatable bonds is 2. The Kier molecular flexibility index (Phi) is 2.82. The topological polar surface area (TPSA) is 35.5 Å². The van der Waals surface area contributed by atoms with E-state index in [1.165, 1.54) is 32.5 Å². The summed E-state index contributed by atoms with van der Waals surface area (Å²) in [6.07, 6.45) is 2.41. The number of aliphatic hydroxyl groups excluding tert-OH is 1. The fourth-order valence-electron chi connectivity index (χ4n) is 2.77. The van der Waals surface area contributed by atoms with Crippen molar-refractivity contribution in [3.63, 3.8) is 0 Å². The molecule has 3 heteroatoms. The summed E-state index contributed by atoms with van der Waals surface area (Å²) in [6.45, 7) is 8.71. The van der Waals surface area contributed by atoms with Crippen molar-refractivity contribution in [2.45, 2.75) is 38.8 Å². The molecule has 0 amide bonds. The van der Waals surface area contributed by atoms with E-state index in [1.807, 2.05) is 6.92 Å². The predicted octanol–water partition coefficient (Wildman–Crippen LogP) is 0.441. The Hall–Kier alpha value is -0.120. The molecule has 2 rings (SSSR count). The van der Waals surface area contributed by atoms with Crippen LogP contribution < -0.4 is 5.32 Å². The molecule has 14 heavy (non-hydrogen) atoms. The minimum absolute atomic E-state index is 0.209. The molecule has 2 saturated heterocycles. The van der Waals surface area contributed by atoms with E-state index in [9.17, 15) is 5.11 Å². The normalized spacial score (nSPS) is 37.9. The summed E-state index contributed by atoms with van der Waals surface area (Å²) in [7, 11) is 0. The lowest BCUT2D eigenvalue weighted by molar-refractivity contribution is 0.0788. The predicted molar refractivity (Wildman–Crippen MR) is 57.3 cm³/mol. The third-order valence-corrected chi connectivity index (χ3v) is 4.07. The molecule has 2 heterocycles. The average Bonchev–Trinajstić information content (AvgIpc) is 2.76. The van der Waals surface area contributed by atoms with Crippen molar-refractivity contribution < 1.29 is 5.11 Å². The van der Waals surface area contributed by atoms with E-state index >= 15 is 0 Å². The summed E-state index contributed by atoms with van der Waals surface area (Å²) in [5, 5.41) is 13.0. The van der Waals surface area contributed by atoms with Gasteiger partial charge >= 0.3 is 0 Å². The van der Waals surface area contributed by atoms with E-state index < -0.39 is 0 Å². The Labute approximate surface area is 86.5 Å². The van der Waals surface area contributed by atoms with Gasteiger partial charge in [-0.3, -0.25) is 4.90 Å². The maximum atomic E-state index is 9.56. The van der Waals surface area contributed by atoms with E-state index in [0.717, 1.165) is 6.54 Å². The average molecular weight is 198 g/mol. The maximum absolute atomic E-state index is 9.56. The van der Waals surface area contributed by atoms with Crippen molar-refractivity contribution in [2.24, 2.45) is 5.41 Å². The summed E-state index contributed by atoms with van der Waals surface area (Å²) in [5.74, 6) is 0. The van der Waals surface area contributed by atoms with Gasteiger partial charge in [0.15, 0.2) is 0 Å². The van der Waals surface area contributed by atoms with Crippen LogP contribution in [0, 0.1) is 5.41 Å². The summed E-state index contributed by atoms with van der Waals surface area (Å²) in [4.78, 5) is 2.44. The summed E-state index contributed by atoms with van der Waals surface area (Å²) < 4.78 is 0. The highest BCUT2D eigenvalue weighted by Gasteiger charge is 2.41. The van der Waals surface area contributed by atoms with E-state index in [-0.39, 0.29) is 6.10 Å². The molecule has 3 unspecified atom stereocenters. The molecular weight excluding hydrogens is 176 g/mol. The van der Waals surface area contributed by atoms with Gasteiger partial charge in [-0.15, -0.1) is 0 Å². The van der Waals surface area contributed by atoms with E-state index in [0.29, 0.717) is 11.5 Å². The molecule has 2 N–H and O–H groups in total. The van der Waals surface area contributed by atoms with Gasteiger partial charge in [-0.1, -0.05) is 0 Å². The monoisotopic (exact) mass is 198 g/mol. The number of hydrogen-bond donors (Lipinski definition) is 2. The van der Waals surface area contributed by atoms with E-state index in [2.05, 4.69) is 17.1 Å². The maximum Gasteiger partial charge on any atom is 0.0664 e. The van der Waals surface area contributed by atoms with Gasteiger partial charge in [0, 0.05) is 19.1 Å². The van der Waals surface area contributed by atoms with Crippen molar-refractivity contribution in [3.05, 3.63) is 0 Å². The van der Waals surface area contributed by atoms with Gasteiger partial charge in [0.25, 0.3) is 0 Å². The number of likely N-dealkylation sites (tertiary alicyclic amines) is 1. The zero-order valence-corrected chi connectivity index (χ0v) is 9.29. The molecule has 0 aromatic rings. The Bertz CT molecular complexity index is 199. The molecule has 82 valence electrons. The van der Waals surface area contributed by atoms with Gasteiger partial charge in [-0.2, -0.15) is 0 Å². The lowest BCUT2D eigenvalue weighted by atomic mass is 9.86. The molecule has 0 radical (unpaired) electrons. The Morgan fingerprint density at radius 1 is 1.36 bits per heavy atom. The third kappa shape index (κ3) is 1.81. The van der Waals surface area contributed by atoms with Crippen LogP contribution in [0.5, 0.6) is 0 Å². The van der Waals surface area contributed by atoms with Crippen LogP contribution in [0.2, 0.25) is 0 Å². The summed E-state index contributed by atoms with van der Waals surface area (Å²) in [5.41, 5.74) is 0.531. The van der Waals surface area contributed by atoms with Crippen molar-refractivity contribution in [1.29, 1.82) is 0 Å². The summed E-state index contributed by atoms with van der Waals surface area (Å²) >= 11 is 0. The molecular formula is C11H22N2O. The Morgan fingerprint density at radius 2 is 2.14 bits per heavy atom. The zero-order valence-electron chi connectivity index (χ0n) is 9.29. The molecule has 0 aliphatic carbocycles. The molecule has 0 bridgehead atoms. The Balaban J connectivity index is 1.93. The highest BCUT2D eigenvalue weighted by molar-refractivity contribution is 4.97. The van der Waals surface area contributed by atoms with Crippen LogP contribution in [0.3, 0.4) is 0 Å². The first-order valence-electron chi connectivity index (χ1n) is 5.76. The second-order valence-corrected chi connectivity index (χ2v) is 5.13. The Morgan fingerprint density at radius 3 is 2.71 bits per heavy atom. The molecule has 3 nitrogen and oxygen atoms in total. The minimum atomic E-state index is -0.209. The number of nitrogens with zero attached hydrogens (tertiary/aromatic N) is 1. The molecule has 3 atom stereocenters. The number of aliphatic hydroxyl groups is 1. The zero-order chi connectivity index (χ0) is 10.2. The van der Waals surface area contributed by atoms with Crippen LogP contribution in [0.25, 0.3) is 0 Å². The van der Waals surface area contributed by atoms with Crippen LogP contribution in [-0.2, 0) is 0 Å². The fraction of sp³-hybridized carbons (Fsp3) is 1.00. The second kappa shape index (κ2) is 3.80. The highest BCUT2D eigenvalue weighted by Crippen LogP contribution is 2.37. The van der Waals surface area contributed by atoms with Crippen LogP contribution in [0.15, 0.2) is 0 Å². The molecule has 0 saturated carbocycles. The van der Waals surface area contributed by atoms with E-state index in [1.54, 1.807) is 0 Å². The van der Waals surface area contributed by atoms with Gasteiger partial charge in [-0.05, 0) is 45.2 Å². The number of nitrogens with one attached hydrogen (secondary N) is 1. The van der Waals surface area contributed by atoms with Gasteiger partial charge in [0.1, 0.15) is 0 Å². The first kappa shape index (κ1) is 10.4. The second-order valence-electron chi connectivity index (χ2n) is 5.13. The molecule has 1 spiro atoms. The SMILES string of the molecule is CC(O)C(C)N1CCC2(CCNC2)C1. The van der Waals surface area contributed by atoms with Crippen LogP contribution >= 0.6 is 0 Å². The van der Waals surface area contributed by atoms with Crippen molar-refractivity contribution >= 4 is 0 Å². The third-order valence-electron chi connectivity index (χ3n) is 4.07. The van der Waals surface area contributed by atoms with Crippen molar-refractivity contribution in [3.8, 4) is 0 Å². The lowest BCUT2D eigenvalue weighted by Gasteiger charge is -2.29. The molecule has 2 aliphatic heterocycles. The van der Waals surface area contributed by atoms with Crippen LogP contribution in [0.4, 0.5) is 0 Å². The van der Waals surface area contributed by atoms with Gasteiger partial charge in [0.2, 0.25) is 0 Å². The van der Waals surface area contributed by atoms with Crippen LogP contribution in [-0.4, -0.2) is 48.3 Å². The first-order valence-corrected chi connectivity index (χ1v) is 5.76. The minimum Gasteiger partial charge on any atom is -0.392 e. The quantitative estimate of drug-likeness (QED) is 0.676. The highest BCUT2D eigenvalue weighted by atomic mass is 16.3. The molecule has 2 fully saturated rings. The van der Waals surface area contributed by atoms with Gasteiger partial charge < -0.3 is 10.4 Å². The van der Waals surface area contributed by atoms with Gasteiger partial charge in [-0.25, -0.2) is 0 Å². The fourth-order valence-corrected chi connectivity index (χ4v) is 2.77. The largest absolute Gasteiger partial charge is 0.392 e. The van der Waals surface area contributed by atoms with Crippen LogP contribution in [0.1, 0.15) is 26.7 Å². The summed E-state index contributed by atoms with van der Waals surface area (Å²) in [6, 6.07) is 0.315. The van der Waals surface area contributed by atoms with Gasteiger partial charge in [0.05, 0.1) is 6.10 Å². The smallest absolute Gasteiger partial charge is 0.0664 e. The number of hydrogen-bond acceptors (Lipinski definition) is 3. The molecule has 0 aromatic carbocycles. The standard InChI is InChI=1S/C11H22N2O/c1-9(10(2)14)13-6-4-11(8-13)3-5-12-7-11/h9-10,12,14H,3-8H2,1-2H3. The van der Waals surface area contributed by atoms with Crippen molar-refractivity contribution in [1.82, 2.24) is 10.2 Å². The van der Waals surface area contributed by atoms with Crippen molar-refractivity contribution in [2.75, 3.05) is 26.2 Å². The molecule has 2 aliphatic rings. The molecule has 0 aromatic heterocycles. The first-order chi connectivity index (χ1) is 6.63.